The van der Waals surface area contributed by atoms with Gasteiger partial charge in [-0.3, -0.25) is 4.79 Å². The molecule has 0 aromatic heterocycles. The van der Waals surface area contributed by atoms with Crippen molar-refractivity contribution < 1.29 is 9.53 Å². The van der Waals surface area contributed by atoms with Crippen LogP contribution in [0.1, 0.15) is 56.1 Å². The molecular weight excluding hydrogens is 224 g/mol. The van der Waals surface area contributed by atoms with Gasteiger partial charge in [0.15, 0.2) is 0 Å². The normalized spacial score (nSPS) is 17.6. The van der Waals surface area contributed by atoms with E-state index in [0.29, 0.717) is 18.1 Å². The van der Waals surface area contributed by atoms with Gasteiger partial charge in [0.25, 0.3) is 0 Å². The predicted molar refractivity (Wildman–Crippen MR) is 73.2 cm³/mol. The van der Waals surface area contributed by atoms with Crippen molar-refractivity contribution in [3.8, 4) is 5.75 Å². The number of Topliss-reactive ketones (excluding diaryl/α,β-unsaturated/α-hetero) is 1. The lowest BCUT2D eigenvalue weighted by Gasteiger charge is -2.12. The molecule has 2 rings (SSSR count). The zero-order chi connectivity index (χ0) is 13.0. The van der Waals surface area contributed by atoms with Crippen LogP contribution in [0, 0.1) is 0 Å². The van der Waals surface area contributed by atoms with Gasteiger partial charge in [0.1, 0.15) is 11.5 Å². The average molecular weight is 246 g/mol. The van der Waals surface area contributed by atoms with Crippen LogP contribution < -0.4 is 4.74 Å². The quantitative estimate of drug-likeness (QED) is 0.761. The molecule has 2 nitrogen and oxygen atoms in total. The number of aryl methyl sites for hydroxylation is 1. The highest BCUT2D eigenvalue weighted by Gasteiger charge is 2.22. The molecule has 0 amide bonds. The number of carbonyl (C=O) groups is 1. The first-order chi connectivity index (χ1) is 8.74. The minimum atomic E-state index is 0.388. The van der Waals surface area contributed by atoms with Crippen molar-refractivity contribution in [1.82, 2.24) is 0 Å². The maximum Gasteiger partial charge on any atom is 0.132 e. The van der Waals surface area contributed by atoms with E-state index in [-0.39, 0.29) is 0 Å². The Morgan fingerprint density at radius 1 is 1.44 bits per heavy atom. The minimum Gasteiger partial charge on any atom is -0.497 e. The lowest BCUT2D eigenvalue weighted by Crippen LogP contribution is -1.99. The lowest BCUT2D eigenvalue weighted by atomic mass is 9.94. The van der Waals surface area contributed by atoms with Gasteiger partial charge >= 0.3 is 0 Å². The van der Waals surface area contributed by atoms with Crippen molar-refractivity contribution >= 4 is 5.78 Å². The van der Waals surface area contributed by atoms with E-state index in [1.54, 1.807) is 7.11 Å². The Morgan fingerprint density at radius 3 is 3.00 bits per heavy atom. The van der Waals surface area contributed by atoms with E-state index in [0.717, 1.165) is 25.0 Å². The fourth-order valence-electron chi connectivity index (χ4n) is 2.82. The molecule has 1 atom stereocenters. The van der Waals surface area contributed by atoms with Gasteiger partial charge in [-0.15, -0.1) is 0 Å². The molecule has 0 unspecified atom stereocenters. The van der Waals surface area contributed by atoms with Gasteiger partial charge in [-0.2, -0.15) is 0 Å². The zero-order valence-electron chi connectivity index (χ0n) is 11.4. The highest BCUT2D eigenvalue weighted by atomic mass is 16.5. The van der Waals surface area contributed by atoms with Crippen LogP contribution >= 0.6 is 0 Å². The van der Waals surface area contributed by atoms with E-state index >= 15 is 0 Å². The van der Waals surface area contributed by atoms with Crippen molar-refractivity contribution in [2.24, 2.45) is 0 Å². The molecule has 0 spiro atoms. The van der Waals surface area contributed by atoms with Crippen LogP contribution in [0.4, 0.5) is 0 Å². The van der Waals surface area contributed by atoms with E-state index in [4.69, 9.17) is 4.74 Å². The van der Waals surface area contributed by atoms with Crippen molar-refractivity contribution in [3.63, 3.8) is 0 Å². The molecule has 0 aliphatic heterocycles. The third-order valence-electron chi connectivity index (χ3n) is 3.96. The average Bonchev–Trinajstić information content (AvgIpc) is 2.81. The Hall–Kier alpha value is -1.31. The van der Waals surface area contributed by atoms with E-state index in [1.807, 2.05) is 13.0 Å². The summed E-state index contributed by atoms with van der Waals surface area (Å²) >= 11 is 0. The topological polar surface area (TPSA) is 26.3 Å². The van der Waals surface area contributed by atoms with Crippen molar-refractivity contribution in [1.29, 1.82) is 0 Å². The molecule has 0 bridgehead atoms. The molecule has 2 heteroatoms. The van der Waals surface area contributed by atoms with Gasteiger partial charge in [0, 0.05) is 12.8 Å². The summed E-state index contributed by atoms with van der Waals surface area (Å²) in [6, 6.07) is 6.40. The lowest BCUT2D eigenvalue weighted by molar-refractivity contribution is -0.118. The Morgan fingerprint density at radius 2 is 2.28 bits per heavy atom. The smallest absolute Gasteiger partial charge is 0.132 e. The monoisotopic (exact) mass is 246 g/mol. The first-order valence-electron chi connectivity index (χ1n) is 6.93. The maximum absolute atomic E-state index is 11.3. The van der Waals surface area contributed by atoms with Gasteiger partial charge in [-0.1, -0.05) is 13.0 Å². The Bertz CT molecular complexity index is 423. The molecule has 18 heavy (non-hydrogen) atoms. The number of benzene rings is 1. The maximum atomic E-state index is 11.3. The molecule has 0 radical (unpaired) electrons. The summed E-state index contributed by atoms with van der Waals surface area (Å²) in [5.41, 5.74) is 2.90. The van der Waals surface area contributed by atoms with Crippen molar-refractivity contribution in [2.45, 2.75) is 51.4 Å². The zero-order valence-corrected chi connectivity index (χ0v) is 11.4. The first-order valence-corrected chi connectivity index (χ1v) is 6.93. The molecule has 1 aromatic carbocycles. The third kappa shape index (κ3) is 2.92. The van der Waals surface area contributed by atoms with Crippen LogP contribution in [-0.4, -0.2) is 12.9 Å². The van der Waals surface area contributed by atoms with Crippen LogP contribution in [0.15, 0.2) is 18.2 Å². The van der Waals surface area contributed by atoms with E-state index in [9.17, 15) is 4.79 Å². The molecular formula is C16H22O2. The molecule has 0 N–H and O–H groups in total. The number of fused-ring (bicyclic) bond motifs is 1. The molecule has 0 heterocycles. The summed E-state index contributed by atoms with van der Waals surface area (Å²) in [4.78, 5) is 11.3. The molecule has 1 aromatic rings. The third-order valence-corrected chi connectivity index (χ3v) is 3.96. The number of hydrogen-bond acceptors (Lipinski definition) is 2. The highest BCUT2D eigenvalue weighted by Crippen LogP contribution is 2.38. The molecule has 0 saturated carbocycles. The Balaban J connectivity index is 1.95. The summed E-state index contributed by atoms with van der Waals surface area (Å²) in [7, 11) is 1.71. The fraction of sp³-hybridized carbons (Fsp3) is 0.562. The standard InChI is InChI=1S/C16H22O2/c1-3-14(17)6-4-5-12-7-8-13-9-10-15(18-2)11-16(12)13/h9-12H,3-8H2,1-2H3/t12-/m1/s1. The Labute approximate surface area is 109 Å². The number of hydrogen-bond donors (Lipinski definition) is 0. The van der Waals surface area contributed by atoms with Crippen molar-refractivity contribution in [3.05, 3.63) is 29.3 Å². The second-order valence-electron chi connectivity index (χ2n) is 5.08. The molecule has 0 saturated heterocycles. The van der Waals surface area contributed by atoms with Crippen LogP contribution in [0.25, 0.3) is 0 Å². The predicted octanol–water partition coefficient (Wildman–Crippen LogP) is 3.87. The van der Waals surface area contributed by atoms with E-state index in [2.05, 4.69) is 12.1 Å². The van der Waals surface area contributed by atoms with Crippen LogP contribution in [0.2, 0.25) is 0 Å². The Kier molecular flexibility index (Phi) is 4.40. The number of ether oxygens (including phenoxy) is 1. The summed E-state index contributed by atoms with van der Waals surface area (Å²) in [5.74, 6) is 1.96. The molecule has 1 aliphatic rings. The van der Waals surface area contributed by atoms with E-state index < -0.39 is 0 Å². The first kappa shape index (κ1) is 13.1. The number of methoxy groups -OCH3 is 1. The summed E-state index contributed by atoms with van der Waals surface area (Å²) in [6.45, 7) is 1.94. The van der Waals surface area contributed by atoms with Gasteiger partial charge in [0.05, 0.1) is 7.11 Å². The van der Waals surface area contributed by atoms with Gasteiger partial charge in [-0.25, -0.2) is 0 Å². The second-order valence-corrected chi connectivity index (χ2v) is 5.08. The molecule has 0 fully saturated rings. The summed E-state index contributed by atoms with van der Waals surface area (Å²) in [5, 5.41) is 0. The van der Waals surface area contributed by atoms with Gasteiger partial charge in [-0.05, 0) is 54.9 Å². The summed E-state index contributed by atoms with van der Waals surface area (Å²) < 4.78 is 5.29. The molecule has 98 valence electrons. The van der Waals surface area contributed by atoms with Crippen LogP contribution in [0.3, 0.4) is 0 Å². The summed E-state index contributed by atoms with van der Waals surface area (Å²) in [6.07, 6.45) is 5.97. The van der Waals surface area contributed by atoms with E-state index in [1.165, 1.54) is 24.0 Å². The van der Waals surface area contributed by atoms with Crippen LogP contribution in [0.5, 0.6) is 5.75 Å². The molecule has 1 aliphatic carbocycles. The minimum absolute atomic E-state index is 0.388. The number of ketones is 1. The van der Waals surface area contributed by atoms with Gasteiger partial charge in [0.2, 0.25) is 0 Å². The largest absolute Gasteiger partial charge is 0.497 e. The number of carbonyl (C=O) groups excluding carboxylic acids is 1. The highest BCUT2D eigenvalue weighted by molar-refractivity contribution is 5.77. The SMILES string of the molecule is CCC(=O)CCC[C@@H]1CCc2ccc(OC)cc21. The van der Waals surface area contributed by atoms with Crippen LogP contribution in [-0.2, 0) is 11.2 Å². The number of rotatable bonds is 6. The second kappa shape index (κ2) is 6.03. The fourth-order valence-corrected chi connectivity index (χ4v) is 2.82. The van der Waals surface area contributed by atoms with Crippen molar-refractivity contribution in [2.75, 3.05) is 7.11 Å². The van der Waals surface area contributed by atoms with Gasteiger partial charge < -0.3 is 4.74 Å².